The Bertz CT molecular complexity index is 3820. The first-order valence-electron chi connectivity index (χ1n) is 31.0. The first-order chi connectivity index (χ1) is 46.6. The molecule has 460 valence electrons. The van der Waals surface area contributed by atoms with Crippen LogP contribution in [0.25, 0.3) is 113 Å². The molecule has 0 bridgehead atoms. The SMILES string of the molecule is Cc1cc(-c2ccccc2)nc(-c2ccccc2)n1.Cc1cc(-c2ccccc2)nc(-c2ccccn2)n1.Cc1cc(-c2ccccc2)nc(-c2cccnc2)n1.Cc1cc(-c2ccccc2)nc(-c2ccncc2)c1.Cc1cc(-c2ccccc2)nc(-c2ccncc2)n1. The van der Waals surface area contributed by atoms with Gasteiger partial charge in [-0.05, 0) is 125 Å². The van der Waals surface area contributed by atoms with E-state index in [9.17, 15) is 0 Å². The molecule has 0 atom stereocenters. The molecule has 0 spiro atoms. The van der Waals surface area contributed by atoms with Crippen LogP contribution in [0.1, 0.15) is 28.3 Å². The fraction of sp³-hybridized carbons (Fsp3) is 0.0610. The second kappa shape index (κ2) is 32.4. The zero-order valence-corrected chi connectivity index (χ0v) is 53.3. The summed E-state index contributed by atoms with van der Waals surface area (Å²) in [6.07, 6.45) is 12.4. The van der Waals surface area contributed by atoms with Crippen LogP contribution >= 0.6 is 0 Å². The summed E-state index contributed by atoms with van der Waals surface area (Å²) in [5.74, 6) is 2.90. The lowest BCUT2D eigenvalue weighted by atomic mass is 10.1. The van der Waals surface area contributed by atoms with Gasteiger partial charge in [-0.25, -0.2) is 44.9 Å². The highest BCUT2D eigenvalue weighted by molar-refractivity contribution is 5.69. The zero-order valence-electron chi connectivity index (χ0n) is 53.3. The molecule has 13 heteroatoms. The maximum absolute atomic E-state index is 4.75. The molecule has 0 fully saturated rings. The van der Waals surface area contributed by atoms with Crippen LogP contribution in [0.3, 0.4) is 0 Å². The summed E-state index contributed by atoms with van der Waals surface area (Å²) in [7, 11) is 0. The minimum absolute atomic E-state index is 0.666. The van der Waals surface area contributed by atoms with Crippen LogP contribution in [0.2, 0.25) is 0 Å². The first kappa shape index (κ1) is 63.9. The van der Waals surface area contributed by atoms with E-state index in [1.54, 1.807) is 43.4 Å². The second-order valence-corrected chi connectivity index (χ2v) is 21.9. The third kappa shape index (κ3) is 18.3. The van der Waals surface area contributed by atoms with Crippen molar-refractivity contribution < 1.29 is 0 Å². The Kier molecular flexibility index (Phi) is 21.8. The van der Waals surface area contributed by atoms with Gasteiger partial charge in [0, 0.05) is 116 Å². The molecule has 15 aromatic rings. The van der Waals surface area contributed by atoms with Crippen molar-refractivity contribution in [3.05, 3.63) is 345 Å². The van der Waals surface area contributed by atoms with Crippen molar-refractivity contribution in [2.75, 3.05) is 0 Å². The summed E-state index contributed by atoms with van der Waals surface area (Å²) in [5.41, 5.74) is 21.2. The Labute approximate surface area is 554 Å². The van der Waals surface area contributed by atoms with Gasteiger partial charge in [0.2, 0.25) is 0 Å². The summed E-state index contributed by atoms with van der Waals surface area (Å²) in [5, 5.41) is 0. The number of aryl methyl sites for hydroxylation is 5. The summed E-state index contributed by atoms with van der Waals surface area (Å²) in [6, 6.07) is 90.5. The number of pyridine rings is 5. The lowest BCUT2D eigenvalue weighted by molar-refractivity contribution is 1.09. The Morgan fingerprint density at radius 1 is 0.189 bits per heavy atom. The Morgan fingerprint density at radius 2 is 0.484 bits per heavy atom. The molecule has 0 radical (unpaired) electrons. The van der Waals surface area contributed by atoms with E-state index >= 15 is 0 Å². The number of benzene rings is 6. The summed E-state index contributed by atoms with van der Waals surface area (Å²) >= 11 is 0. The standard InChI is InChI=1S/2C17H14N2.3C16H13N3/c1-13-12-16(14-8-4-2-5-9-14)19-17(18-13)15-10-6-3-7-11-15;1-13-11-16(14-5-3-2-4-6-14)19-17(12-13)15-7-9-18-10-8-15;1-12-11-15(13-7-3-2-4-8-13)19-16(18-12)14-9-5-6-10-17-14;1-12-10-15(13-6-3-2-4-7-13)19-16(18-12)14-8-5-9-17-11-14;1-12-11-15(13-5-3-2-4-6-13)19-16(18-12)14-7-9-17-10-8-14/h2*2-12H,1H3;3*2-11H,1H3. The van der Waals surface area contributed by atoms with Crippen molar-refractivity contribution in [2.24, 2.45) is 0 Å². The average molecular weight is 1230 g/mol. The quantitative estimate of drug-likeness (QED) is 0.127. The first-order valence-corrected chi connectivity index (χ1v) is 31.0. The van der Waals surface area contributed by atoms with Crippen LogP contribution < -0.4 is 0 Å². The summed E-state index contributed by atoms with van der Waals surface area (Å²) in [4.78, 5) is 57.7. The van der Waals surface area contributed by atoms with E-state index in [0.29, 0.717) is 11.6 Å². The highest BCUT2D eigenvalue weighted by Crippen LogP contribution is 2.28. The van der Waals surface area contributed by atoms with Crippen molar-refractivity contribution in [3.8, 4) is 113 Å². The van der Waals surface area contributed by atoms with Gasteiger partial charge < -0.3 is 0 Å². The summed E-state index contributed by atoms with van der Waals surface area (Å²) < 4.78 is 0. The van der Waals surface area contributed by atoms with E-state index in [4.69, 9.17) is 4.98 Å². The van der Waals surface area contributed by atoms with Gasteiger partial charge in [-0.15, -0.1) is 0 Å². The van der Waals surface area contributed by atoms with E-state index in [1.165, 1.54) is 5.56 Å². The molecule has 0 aliphatic carbocycles. The van der Waals surface area contributed by atoms with Gasteiger partial charge in [0.05, 0.1) is 34.2 Å². The fourth-order valence-corrected chi connectivity index (χ4v) is 9.98. The van der Waals surface area contributed by atoms with E-state index in [1.807, 2.05) is 240 Å². The largest absolute Gasteiger partial charge is 0.265 e. The maximum atomic E-state index is 4.75. The molecule has 0 saturated heterocycles. The van der Waals surface area contributed by atoms with Crippen LogP contribution in [0.15, 0.2) is 316 Å². The molecular formula is C82H67N13. The van der Waals surface area contributed by atoms with Crippen molar-refractivity contribution in [2.45, 2.75) is 34.6 Å². The molecule has 9 heterocycles. The fourth-order valence-electron chi connectivity index (χ4n) is 9.98. The van der Waals surface area contributed by atoms with Gasteiger partial charge in [0.25, 0.3) is 0 Å². The molecule has 15 rings (SSSR count). The van der Waals surface area contributed by atoms with Gasteiger partial charge in [0.1, 0.15) is 5.69 Å². The van der Waals surface area contributed by atoms with E-state index in [0.717, 1.165) is 124 Å². The molecule has 0 aliphatic rings. The number of nitrogens with zero attached hydrogens (tertiary/aromatic N) is 13. The molecule has 0 saturated carbocycles. The molecule has 9 aromatic heterocycles. The highest BCUT2D eigenvalue weighted by atomic mass is 14.9. The lowest BCUT2D eigenvalue weighted by Gasteiger charge is -2.07. The van der Waals surface area contributed by atoms with Crippen molar-refractivity contribution in [3.63, 3.8) is 0 Å². The predicted molar refractivity (Wildman–Crippen MR) is 382 cm³/mol. The van der Waals surface area contributed by atoms with Crippen LogP contribution in [0.4, 0.5) is 0 Å². The summed E-state index contributed by atoms with van der Waals surface area (Å²) in [6.45, 7) is 10.0. The van der Waals surface area contributed by atoms with E-state index in [-0.39, 0.29) is 0 Å². The topological polar surface area (TPSA) is 168 Å². The van der Waals surface area contributed by atoms with Crippen LogP contribution in [-0.2, 0) is 0 Å². The average Bonchev–Trinajstić information content (AvgIpc) is 1.37. The lowest BCUT2D eigenvalue weighted by Crippen LogP contribution is -1.96. The van der Waals surface area contributed by atoms with Crippen molar-refractivity contribution in [1.29, 1.82) is 0 Å². The number of hydrogen-bond acceptors (Lipinski definition) is 13. The highest BCUT2D eigenvalue weighted by Gasteiger charge is 2.12. The molecule has 0 unspecified atom stereocenters. The number of rotatable bonds is 10. The molecule has 0 amide bonds. The van der Waals surface area contributed by atoms with Gasteiger partial charge in [0.15, 0.2) is 23.3 Å². The van der Waals surface area contributed by atoms with E-state index < -0.39 is 0 Å². The van der Waals surface area contributed by atoms with Crippen molar-refractivity contribution >= 4 is 0 Å². The number of aromatic nitrogens is 13. The van der Waals surface area contributed by atoms with Gasteiger partial charge in [-0.3, -0.25) is 19.9 Å². The maximum Gasteiger partial charge on any atom is 0.178 e. The minimum Gasteiger partial charge on any atom is -0.265 e. The van der Waals surface area contributed by atoms with Crippen molar-refractivity contribution in [1.82, 2.24) is 64.8 Å². The molecule has 0 N–H and O–H groups in total. The Morgan fingerprint density at radius 3 is 0.842 bits per heavy atom. The van der Waals surface area contributed by atoms with Gasteiger partial charge in [-0.2, -0.15) is 0 Å². The number of hydrogen-bond donors (Lipinski definition) is 0. The third-order valence-corrected chi connectivity index (χ3v) is 14.5. The molecule has 95 heavy (non-hydrogen) atoms. The smallest absolute Gasteiger partial charge is 0.178 e. The molecule has 6 aromatic carbocycles. The molecular weight excluding hydrogens is 1170 g/mol. The van der Waals surface area contributed by atoms with Gasteiger partial charge >= 0.3 is 0 Å². The van der Waals surface area contributed by atoms with Crippen LogP contribution in [0.5, 0.6) is 0 Å². The predicted octanol–water partition coefficient (Wildman–Crippen LogP) is 18.8. The zero-order chi connectivity index (χ0) is 65.4. The van der Waals surface area contributed by atoms with Crippen LogP contribution in [0, 0.1) is 34.6 Å². The Hall–Kier alpha value is -12.6. The molecule has 0 aliphatic heterocycles. The Balaban J connectivity index is 0.000000121. The molecule has 13 nitrogen and oxygen atoms in total. The van der Waals surface area contributed by atoms with Crippen LogP contribution in [-0.4, -0.2) is 64.8 Å². The minimum atomic E-state index is 0.666. The van der Waals surface area contributed by atoms with E-state index in [2.05, 4.69) is 127 Å². The van der Waals surface area contributed by atoms with Gasteiger partial charge in [-0.1, -0.05) is 188 Å². The monoisotopic (exact) mass is 1230 g/mol. The third-order valence-electron chi connectivity index (χ3n) is 14.5. The normalized spacial score (nSPS) is 10.4. The second-order valence-electron chi connectivity index (χ2n) is 21.9.